The number of benzene rings is 1. The van der Waals surface area contributed by atoms with Crippen molar-refractivity contribution < 1.29 is 23.0 Å². The minimum absolute atomic E-state index is 0.268. The molecule has 16 heavy (non-hydrogen) atoms. The summed E-state index contributed by atoms with van der Waals surface area (Å²) in [5.41, 5.74) is 6.14. The van der Waals surface area contributed by atoms with E-state index >= 15 is 0 Å². The summed E-state index contributed by atoms with van der Waals surface area (Å²) in [7, 11) is 0. The molecule has 0 saturated heterocycles. The van der Waals surface area contributed by atoms with Crippen LogP contribution in [0.15, 0.2) is 18.2 Å². The fourth-order valence-electron chi connectivity index (χ4n) is 1.10. The number of hydrogen-bond donors (Lipinski definition) is 2. The van der Waals surface area contributed by atoms with Crippen LogP contribution in [0.5, 0.6) is 5.75 Å². The van der Waals surface area contributed by atoms with E-state index in [4.69, 9.17) is 10.8 Å². The Balaban J connectivity index is 2.91. The van der Waals surface area contributed by atoms with Crippen LogP contribution < -0.4 is 10.5 Å². The van der Waals surface area contributed by atoms with E-state index in [1.54, 1.807) is 0 Å². The van der Waals surface area contributed by atoms with Crippen LogP contribution in [0.3, 0.4) is 0 Å². The number of aliphatic hydroxyl groups is 1. The molecule has 90 valence electrons. The predicted molar refractivity (Wildman–Crippen MR) is 59.9 cm³/mol. The van der Waals surface area contributed by atoms with Crippen LogP contribution in [0.4, 0.5) is 13.2 Å². The third kappa shape index (κ3) is 3.80. The molecule has 3 nitrogen and oxygen atoms in total. The Labute approximate surface area is 104 Å². The van der Waals surface area contributed by atoms with Crippen molar-refractivity contribution in [3.05, 3.63) is 27.3 Å². The van der Waals surface area contributed by atoms with E-state index in [1.165, 1.54) is 18.2 Å². The number of ether oxygens (including phenoxy) is 1. The van der Waals surface area contributed by atoms with Crippen LogP contribution in [0.25, 0.3) is 0 Å². The predicted octanol–water partition coefficient (Wildman–Crippen LogP) is 2.18. The molecule has 0 spiro atoms. The van der Waals surface area contributed by atoms with Crippen LogP contribution in [0, 0.1) is 3.57 Å². The van der Waals surface area contributed by atoms with Crippen LogP contribution in [0.2, 0.25) is 0 Å². The maximum atomic E-state index is 11.9. The normalized spacial score (nSPS) is 13.6. The van der Waals surface area contributed by atoms with Crippen molar-refractivity contribution in [3.8, 4) is 5.75 Å². The number of nitrogens with two attached hydrogens (primary N) is 1. The van der Waals surface area contributed by atoms with Crippen LogP contribution in [-0.2, 0) is 0 Å². The van der Waals surface area contributed by atoms with Gasteiger partial charge >= 0.3 is 6.36 Å². The van der Waals surface area contributed by atoms with Gasteiger partial charge in [0.25, 0.3) is 0 Å². The first-order chi connectivity index (χ1) is 7.33. The molecule has 7 heteroatoms. The van der Waals surface area contributed by atoms with Crippen molar-refractivity contribution in [3.63, 3.8) is 0 Å². The first-order valence-electron chi connectivity index (χ1n) is 4.25. The van der Waals surface area contributed by atoms with Gasteiger partial charge in [-0.1, -0.05) is 6.07 Å². The number of halogens is 4. The second kappa shape index (κ2) is 5.19. The Hall–Kier alpha value is -0.540. The molecular formula is C9H9F3INO2. The van der Waals surface area contributed by atoms with E-state index < -0.39 is 12.4 Å². The Morgan fingerprint density at radius 2 is 2.06 bits per heavy atom. The van der Waals surface area contributed by atoms with E-state index in [2.05, 4.69) is 4.74 Å². The summed E-state index contributed by atoms with van der Waals surface area (Å²) < 4.78 is 40.0. The first-order valence-corrected chi connectivity index (χ1v) is 5.33. The standard InChI is InChI=1S/C9H9F3INO2/c10-9(11,12)16-5-1-2-6(7(13)3-5)8(14)4-15/h1-3,8,15H,4,14H2. The highest BCUT2D eigenvalue weighted by atomic mass is 127. The maximum absolute atomic E-state index is 11.9. The van der Waals surface area contributed by atoms with Gasteiger partial charge in [-0.15, -0.1) is 13.2 Å². The number of alkyl halides is 3. The fourth-order valence-corrected chi connectivity index (χ4v) is 1.99. The van der Waals surface area contributed by atoms with E-state index in [0.29, 0.717) is 9.13 Å². The monoisotopic (exact) mass is 347 g/mol. The summed E-state index contributed by atoms with van der Waals surface area (Å²) in [5.74, 6) is -0.300. The van der Waals surface area contributed by atoms with Crippen molar-refractivity contribution in [2.24, 2.45) is 5.73 Å². The molecule has 0 aliphatic rings. The molecule has 0 aromatic heterocycles. The van der Waals surface area contributed by atoms with Crippen molar-refractivity contribution in [1.29, 1.82) is 0 Å². The average molecular weight is 347 g/mol. The van der Waals surface area contributed by atoms with Gasteiger partial charge in [0.15, 0.2) is 0 Å². The highest BCUT2D eigenvalue weighted by Gasteiger charge is 2.31. The lowest BCUT2D eigenvalue weighted by atomic mass is 10.1. The molecule has 3 N–H and O–H groups in total. The number of rotatable bonds is 3. The van der Waals surface area contributed by atoms with Gasteiger partial charge in [-0.05, 0) is 40.3 Å². The number of aliphatic hydroxyl groups excluding tert-OH is 1. The molecule has 0 fully saturated rings. The summed E-state index contributed by atoms with van der Waals surface area (Å²) >= 11 is 1.84. The van der Waals surface area contributed by atoms with Gasteiger partial charge in [0.1, 0.15) is 5.75 Å². The average Bonchev–Trinajstić information content (AvgIpc) is 2.14. The molecule has 0 bridgehead atoms. The Morgan fingerprint density at radius 1 is 1.44 bits per heavy atom. The van der Waals surface area contributed by atoms with E-state index in [9.17, 15) is 13.2 Å². The third-order valence-electron chi connectivity index (χ3n) is 1.80. The van der Waals surface area contributed by atoms with Crippen molar-refractivity contribution in [1.82, 2.24) is 0 Å². The molecule has 0 saturated carbocycles. The van der Waals surface area contributed by atoms with Crippen molar-refractivity contribution >= 4 is 22.6 Å². The summed E-state index contributed by atoms with van der Waals surface area (Å²) in [5, 5.41) is 8.83. The van der Waals surface area contributed by atoms with Crippen molar-refractivity contribution in [2.75, 3.05) is 6.61 Å². The summed E-state index contributed by atoms with van der Waals surface area (Å²) in [4.78, 5) is 0. The van der Waals surface area contributed by atoms with Crippen LogP contribution in [0.1, 0.15) is 11.6 Å². The Kier molecular flexibility index (Phi) is 4.39. The van der Waals surface area contributed by atoms with E-state index in [0.717, 1.165) is 0 Å². The summed E-state index contributed by atoms with van der Waals surface area (Å²) in [6.45, 7) is -0.268. The quantitative estimate of drug-likeness (QED) is 0.825. The lowest BCUT2D eigenvalue weighted by molar-refractivity contribution is -0.274. The van der Waals surface area contributed by atoms with Gasteiger partial charge in [0.2, 0.25) is 0 Å². The molecule has 1 aromatic rings. The second-order valence-electron chi connectivity index (χ2n) is 3.02. The molecular weight excluding hydrogens is 338 g/mol. The zero-order chi connectivity index (χ0) is 12.3. The minimum atomic E-state index is -4.70. The van der Waals surface area contributed by atoms with Gasteiger partial charge < -0.3 is 15.6 Å². The molecule has 0 aliphatic carbocycles. The van der Waals surface area contributed by atoms with E-state index in [1.807, 2.05) is 22.6 Å². The third-order valence-corrected chi connectivity index (χ3v) is 2.74. The molecule has 0 amide bonds. The molecule has 1 rings (SSSR count). The zero-order valence-electron chi connectivity index (χ0n) is 7.96. The van der Waals surface area contributed by atoms with Gasteiger partial charge in [-0.25, -0.2) is 0 Å². The Bertz CT molecular complexity index is 370. The van der Waals surface area contributed by atoms with Crippen molar-refractivity contribution in [2.45, 2.75) is 12.4 Å². The highest BCUT2D eigenvalue weighted by Crippen LogP contribution is 2.27. The van der Waals surface area contributed by atoms with Crippen LogP contribution in [-0.4, -0.2) is 18.1 Å². The molecule has 0 heterocycles. The van der Waals surface area contributed by atoms with E-state index in [-0.39, 0.29) is 12.4 Å². The largest absolute Gasteiger partial charge is 0.573 e. The summed E-state index contributed by atoms with van der Waals surface area (Å²) in [6.07, 6.45) is -4.70. The molecule has 1 atom stereocenters. The highest BCUT2D eigenvalue weighted by molar-refractivity contribution is 14.1. The lowest BCUT2D eigenvalue weighted by Gasteiger charge is -2.13. The fraction of sp³-hybridized carbons (Fsp3) is 0.333. The van der Waals surface area contributed by atoms with Gasteiger partial charge in [-0.2, -0.15) is 0 Å². The maximum Gasteiger partial charge on any atom is 0.573 e. The molecule has 0 radical (unpaired) electrons. The smallest absolute Gasteiger partial charge is 0.406 e. The van der Waals surface area contributed by atoms with Gasteiger partial charge in [-0.3, -0.25) is 0 Å². The topological polar surface area (TPSA) is 55.5 Å². The minimum Gasteiger partial charge on any atom is -0.406 e. The van der Waals surface area contributed by atoms with Gasteiger partial charge in [0.05, 0.1) is 12.6 Å². The van der Waals surface area contributed by atoms with Crippen LogP contribution >= 0.6 is 22.6 Å². The lowest BCUT2D eigenvalue weighted by Crippen LogP contribution is -2.18. The SMILES string of the molecule is NC(CO)c1ccc(OC(F)(F)F)cc1I. The second-order valence-corrected chi connectivity index (χ2v) is 4.18. The Morgan fingerprint density at radius 3 is 2.50 bits per heavy atom. The molecule has 0 aliphatic heterocycles. The molecule has 1 unspecified atom stereocenters. The summed E-state index contributed by atoms with van der Waals surface area (Å²) in [6, 6.07) is 3.19. The first kappa shape index (κ1) is 13.5. The molecule has 1 aromatic carbocycles. The zero-order valence-corrected chi connectivity index (χ0v) is 10.1. The van der Waals surface area contributed by atoms with Gasteiger partial charge in [0, 0.05) is 3.57 Å². The number of hydrogen-bond acceptors (Lipinski definition) is 3.